The Balaban J connectivity index is 2.09. The van der Waals surface area contributed by atoms with Crippen LogP contribution < -0.4 is 9.47 Å². The second-order valence-electron chi connectivity index (χ2n) is 4.22. The number of hydrogen-bond donors (Lipinski definition) is 0. The van der Waals surface area contributed by atoms with Crippen LogP contribution in [0, 0.1) is 10.1 Å². The molecule has 0 aromatic heterocycles. The Morgan fingerprint density at radius 3 is 2.26 bits per heavy atom. The number of carbonyl (C=O) groups excluding carboxylic acids is 1. The molecule has 0 saturated heterocycles. The number of halogens is 3. The third kappa shape index (κ3) is 4.70. The first-order chi connectivity index (χ1) is 10.7. The molecule has 23 heavy (non-hydrogen) atoms. The van der Waals surface area contributed by atoms with Crippen molar-refractivity contribution in [1.82, 2.24) is 0 Å². The van der Waals surface area contributed by atoms with E-state index >= 15 is 0 Å². The summed E-state index contributed by atoms with van der Waals surface area (Å²) in [6, 6.07) is 9.03. The summed E-state index contributed by atoms with van der Waals surface area (Å²) >= 11 is 0. The van der Waals surface area contributed by atoms with Crippen LogP contribution in [0.5, 0.6) is 11.5 Å². The van der Waals surface area contributed by atoms with Gasteiger partial charge in [0.05, 0.1) is 16.6 Å². The summed E-state index contributed by atoms with van der Waals surface area (Å²) in [6.45, 7) is 0. The number of nitro groups is 1. The number of non-ortho nitro benzene ring substituents is 1. The Bertz CT molecular complexity index is 728. The van der Waals surface area contributed by atoms with Crippen molar-refractivity contribution in [3.63, 3.8) is 0 Å². The summed E-state index contributed by atoms with van der Waals surface area (Å²) in [6.07, 6.45) is -4.83. The fourth-order valence-electron chi connectivity index (χ4n) is 1.62. The van der Waals surface area contributed by atoms with Gasteiger partial charge in [-0.05, 0) is 30.3 Å². The van der Waals surface area contributed by atoms with Gasteiger partial charge in [0.2, 0.25) is 0 Å². The summed E-state index contributed by atoms with van der Waals surface area (Å²) in [5.74, 6) is -1.41. The van der Waals surface area contributed by atoms with Crippen LogP contribution in [0.4, 0.5) is 18.9 Å². The van der Waals surface area contributed by atoms with E-state index in [0.29, 0.717) is 0 Å². The maximum atomic E-state index is 12.0. The zero-order chi connectivity index (χ0) is 17.0. The van der Waals surface area contributed by atoms with Crippen LogP contribution in [-0.4, -0.2) is 17.3 Å². The van der Waals surface area contributed by atoms with Gasteiger partial charge in [-0.2, -0.15) is 0 Å². The van der Waals surface area contributed by atoms with E-state index in [1.165, 1.54) is 18.2 Å². The molecule has 0 aliphatic heterocycles. The summed E-state index contributed by atoms with van der Waals surface area (Å²) in [5, 5.41) is 10.6. The van der Waals surface area contributed by atoms with Gasteiger partial charge in [-0.3, -0.25) is 10.1 Å². The second kappa shape index (κ2) is 6.34. The van der Waals surface area contributed by atoms with Gasteiger partial charge in [-0.25, -0.2) is 4.79 Å². The van der Waals surface area contributed by atoms with Crippen LogP contribution in [0.2, 0.25) is 0 Å². The molecule has 0 heterocycles. The number of nitro benzene ring substituents is 1. The molecule has 0 radical (unpaired) electrons. The maximum absolute atomic E-state index is 12.0. The Kier molecular flexibility index (Phi) is 4.49. The lowest BCUT2D eigenvalue weighted by atomic mass is 10.2. The minimum absolute atomic E-state index is 0.0361. The van der Waals surface area contributed by atoms with Crippen molar-refractivity contribution in [3.8, 4) is 11.5 Å². The molecule has 0 aliphatic carbocycles. The first kappa shape index (κ1) is 16.3. The first-order valence-corrected chi connectivity index (χ1v) is 6.07. The number of ether oxygens (including phenoxy) is 2. The zero-order valence-corrected chi connectivity index (χ0v) is 11.2. The average molecular weight is 327 g/mol. The van der Waals surface area contributed by atoms with Crippen LogP contribution in [0.3, 0.4) is 0 Å². The van der Waals surface area contributed by atoms with Crippen molar-refractivity contribution in [2.24, 2.45) is 0 Å². The van der Waals surface area contributed by atoms with Crippen molar-refractivity contribution in [3.05, 3.63) is 64.2 Å². The van der Waals surface area contributed by atoms with Gasteiger partial charge in [0.25, 0.3) is 5.69 Å². The number of carbonyl (C=O) groups is 1. The highest BCUT2D eigenvalue weighted by Crippen LogP contribution is 2.24. The van der Waals surface area contributed by atoms with Gasteiger partial charge in [-0.15, -0.1) is 13.2 Å². The van der Waals surface area contributed by atoms with Gasteiger partial charge in [0, 0.05) is 6.07 Å². The van der Waals surface area contributed by atoms with Crippen LogP contribution >= 0.6 is 0 Å². The fraction of sp³-hybridized carbons (Fsp3) is 0.0714. The molecule has 0 spiro atoms. The molecule has 2 rings (SSSR count). The predicted octanol–water partition coefficient (Wildman–Crippen LogP) is 3.71. The fourth-order valence-corrected chi connectivity index (χ4v) is 1.62. The molecule has 6 nitrogen and oxygen atoms in total. The summed E-state index contributed by atoms with van der Waals surface area (Å²) in [4.78, 5) is 21.8. The molecule has 120 valence electrons. The number of alkyl halides is 3. The maximum Gasteiger partial charge on any atom is 0.573 e. The third-order valence-electron chi connectivity index (χ3n) is 2.56. The van der Waals surface area contributed by atoms with E-state index in [1.54, 1.807) is 0 Å². The molecule has 0 aliphatic rings. The standard InChI is InChI=1S/C14H8F3NO5/c15-14(16,17)23-11-6-4-9(5-7-11)13(19)22-12-3-1-2-10(8-12)18(20)21/h1-8H. The third-order valence-corrected chi connectivity index (χ3v) is 2.56. The Morgan fingerprint density at radius 2 is 1.70 bits per heavy atom. The molecular formula is C14H8F3NO5. The molecule has 0 unspecified atom stereocenters. The van der Waals surface area contributed by atoms with E-state index in [1.807, 2.05) is 0 Å². The quantitative estimate of drug-likeness (QED) is 0.370. The van der Waals surface area contributed by atoms with Crippen molar-refractivity contribution in [2.75, 3.05) is 0 Å². The summed E-state index contributed by atoms with van der Waals surface area (Å²) in [5.41, 5.74) is -0.296. The molecule has 9 heteroatoms. The molecule has 0 atom stereocenters. The number of esters is 1. The van der Waals surface area contributed by atoms with Crippen molar-refractivity contribution in [2.45, 2.75) is 6.36 Å². The highest BCUT2D eigenvalue weighted by molar-refractivity contribution is 5.91. The Hall–Kier alpha value is -3.10. The minimum Gasteiger partial charge on any atom is -0.423 e. The SMILES string of the molecule is O=C(Oc1cccc([N+](=O)[O-])c1)c1ccc(OC(F)(F)F)cc1. The molecular weight excluding hydrogens is 319 g/mol. The number of benzene rings is 2. The molecule has 0 bridgehead atoms. The summed E-state index contributed by atoms with van der Waals surface area (Å²) < 4.78 is 44.7. The molecule has 0 N–H and O–H groups in total. The first-order valence-electron chi connectivity index (χ1n) is 6.07. The van der Waals surface area contributed by atoms with Gasteiger partial charge in [-0.1, -0.05) is 6.07 Å². The van der Waals surface area contributed by atoms with E-state index in [-0.39, 0.29) is 17.0 Å². The average Bonchev–Trinajstić information content (AvgIpc) is 2.46. The lowest BCUT2D eigenvalue weighted by molar-refractivity contribution is -0.384. The lowest BCUT2D eigenvalue weighted by Crippen LogP contribution is -2.17. The summed E-state index contributed by atoms with van der Waals surface area (Å²) in [7, 11) is 0. The molecule has 0 amide bonds. The van der Waals surface area contributed by atoms with E-state index in [9.17, 15) is 28.1 Å². The van der Waals surface area contributed by atoms with Crippen molar-refractivity contribution >= 4 is 11.7 Å². The van der Waals surface area contributed by atoms with Gasteiger partial charge >= 0.3 is 12.3 Å². The largest absolute Gasteiger partial charge is 0.573 e. The normalized spacial score (nSPS) is 10.9. The minimum atomic E-state index is -4.83. The van der Waals surface area contributed by atoms with E-state index < -0.39 is 23.0 Å². The van der Waals surface area contributed by atoms with E-state index in [4.69, 9.17) is 4.74 Å². The molecule has 2 aromatic rings. The topological polar surface area (TPSA) is 78.7 Å². The van der Waals surface area contributed by atoms with Crippen LogP contribution in [0.25, 0.3) is 0 Å². The van der Waals surface area contributed by atoms with Crippen molar-refractivity contribution in [1.29, 1.82) is 0 Å². The highest BCUT2D eigenvalue weighted by atomic mass is 19.4. The lowest BCUT2D eigenvalue weighted by Gasteiger charge is -2.09. The number of hydrogen-bond acceptors (Lipinski definition) is 5. The van der Waals surface area contributed by atoms with Gasteiger partial charge in [0.1, 0.15) is 11.5 Å². The second-order valence-corrected chi connectivity index (χ2v) is 4.22. The Morgan fingerprint density at radius 1 is 1.04 bits per heavy atom. The molecule has 0 saturated carbocycles. The molecule has 0 fully saturated rings. The monoisotopic (exact) mass is 327 g/mol. The van der Waals surface area contributed by atoms with E-state index in [2.05, 4.69) is 4.74 Å². The van der Waals surface area contributed by atoms with Crippen molar-refractivity contribution < 1.29 is 32.4 Å². The number of nitrogens with zero attached hydrogens (tertiary/aromatic N) is 1. The van der Waals surface area contributed by atoms with Gasteiger partial charge in [0.15, 0.2) is 0 Å². The van der Waals surface area contributed by atoms with E-state index in [0.717, 1.165) is 30.3 Å². The molecule has 2 aromatic carbocycles. The van der Waals surface area contributed by atoms with Gasteiger partial charge < -0.3 is 9.47 Å². The van der Waals surface area contributed by atoms with Crippen LogP contribution in [-0.2, 0) is 0 Å². The smallest absolute Gasteiger partial charge is 0.423 e. The predicted molar refractivity (Wildman–Crippen MR) is 71.2 cm³/mol. The van der Waals surface area contributed by atoms with Crippen LogP contribution in [0.15, 0.2) is 48.5 Å². The highest BCUT2D eigenvalue weighted by Gasteiger charge is 2.31. The number of rotatable bonds is 4. The van der Waals surface area contributed by atoms with Crippen LogP contribution in [0.1, 0.15) is 10.4 Å². The Labute approximate surface area is 127 Å². The zero-order valence-electron chi connectivity index (χ0n) is 11.2.